The third kappa shape index (κ3) is 2.21. The molecule has 5 heteroatoms. The van der Waals surface area contributed by atoms with E-state index >= 15 is 0 Å². The van der Waals surface area contributed by atoms with Gasteiger partial charge in [-0.1, -0.05) is 17.7 Å². The smallest absolute Gasteiger partial charge is 0.259 e. The maximum absolute atomic E-state index is 12.2. The van der Waals surface area contributed by atoms with E-state index in [2.05, 4.69) is 10.3 Å². The van der Waals surface area contributed by atoms with Crippen molar-refractivity contribution in [2.24, 2.45) is 0 Å². The molecule has 0 atom stereocenters. The van der Waals surface area contributed by atoms with Gasteiger partial charge in [-0.3, -0.25) is 4.79 Å². The van der Waals surface area contributed by atoms with Gasteiger partial charge in [0, 0.05) is 22.1 Å². The van der Waals surface area contributed by atoms with Crippen molar-refractivity contribution in [3.63, 3.8) is 0 Å². The lowest BCUT2D eigenvalue weighted by atomic mass is 10.1. The summed E-state index contributed by atoms with van der Waals surface area (Å²) in [5.41, 5.74) is 1.75. The Bertz CT molecular complexity index is 795. The minimum Gasteiger partial charge on any atom is -0.507 e. The number of aromatic amines is 1. The Kier molecular flexibility index (Phi) is 3.08. The van der Waals surface area contributed by atoms with Crippen molar-refractivity contribution < 1.29 is 9.90 Å². The monoisotopic (exact) mass is 286 g/mol. The predicted octanol–water partition coefficient (Wildman–Crippen LogP) is 3.78. The number of hydrogen-bond acceptors (Lipinski definition) is 2. The summed E-state index contributed by atoms with van der Waals surface area (Å²) in [6.07, 6.45) is 1.80. The molecule has 0 radical (unpaired) electrons. The third-order valence-corrected chi connectivity index (χ3v) is 3.28. The molecule has 0 aliphatic carbocycles. The van der Waals surface area contributed by atoms with E-state index in [-0.39, 0.29) is 11.3 Å². The van der Waals surface area contributed by atoms with Crippen molar-refractivity contribution in [2.45, 2.75) is 0 Å². The lowest BCUT2D eigenvalue weighted by Gasteiger charge is -2.08. The Balaban J connectivity index is 1.96. The highest BCUT2D eigenvalue weighted by Gasteiger charge is 2.13. The van der Waals surface area contributed by atoms with Crippen LogP contribution in [0.3, 0.4) is 0 Å². The molecule has 0 aliphatic heterocycles. The van der Waals surface area contributed by atoms with Crippen LogP contribution in [0.4, 0.5) is 5.69 Å². The van der Waals surface area contributed by atoms with E-state index in [4.69, 9.17) is 11.6 Å². The summed E-state index contributed by atoms with van der Waals surface area (Å²) in [5.74, 6) is -0.508. The van der Waals surface area contributed by atoms with E-state index in [9.17, 15) is 9.90 Å². The van der Waals surface area contributed by atoms with Gasteiger partial charge >= 0.3 is 0 Å². The highest BCUT2D eigenvalue weighted by atomic mass is 35.5. The van der Waals surface area contributed by atoms with Crippen molar-refractivity contribution in [1.29, 1.82) is 0 Å². The van der Waals surface area contributed by atoms with Crippen LogP contribution in [0.25, 0.3) is 10.9 Å². The number of hydrogen-bond donors (Lipinski definition) is 3. The molecule has 1 aromatic heterocycles. The maximum atomic E-state index is 12.2. The number of carbonyl (C=O) groups excluding carboxylic acids is 1. The molecule has 4 nitrogen and oxygen atoms in total. The van der Waals surface area contributed by atoms with Crippen molar-refractivity contribution in [3.05, 3.63) is 59.2 Å². The molecule has 0 saturated heterocycles. The molecule has 100 valence electrons. The topological polar surface area (TPSA) is 65.1 Å². The van der Waals surface area contributed by atoms with Gasteiger partial charge in [0.05, 0.1) is 11.3 Å². The Morgan fingerprint density at radius 3 is 2.90 bits per heavy atom. The summed E-state index contributed by atoms with van der Waals surface area (Å²) >= 11 is 5.85. The second-order valence-electron chi connectivity index (χ2n) is 4.36. The molecular weight excluding hydrogens is 276 g/mol. The molecule has 2 aromatic carbocycles. The van der Waals surface area contributed by atoms with Crippen LogP contribution in [0.5, 0.6) is 5.75 Å². The SMILES string of the molecule is O=C(Nc1cccc2[nH]ccc12)c1cc(Cl)ccc1O. The molecule has 3 rings (SSSR count). The number of phenols is 1. The number of amides is 1. The summed E-state index contributed by atoms with van der Waals surface area (Å²) < 4.78 is 0. The minimum absolute atomic E-state index is 0.104. The fourth-order valence-electron chi connectivity index (χ4n) is 2.07. The molecule has 1 heterocycles. The van der Waals surface area contributed by atoms with E-state index in [1.165, 1.54) is 18.2 Å². The van der Waals surface area contributed by atoms with Gasteiger partial charge in [-0.05, 0) is 36.4 Å². The molecule has 0 aliphatic rings. The average Bonchev–Trinajstić information content (AvgIpc) is 2.91. The van der Waals surface area contributed by atoms with Crippen LogP contribution < -0.4 is 5.32 Å². The molecule has 0 fully saturated rings. The first-order valence-corrected chi connectivity index (χ1v) is 6.39. The number of halogens is 1. The van der Waals surface area contributed by atoms with Crippen LogP contribution in [-0.4, -0.2) is 16.0 Å². The maximum Gasteiger partial charge on any atom is 0.259 e. The summed E-state index contributed by atoms with van der Waals surface area (Å²) in [7, 11) is 0. The van der Waals surface area contributed by atoms with Gasteiger partial charge in [-0.25, -0.2) is 0 Å². The number of anilines is 1. The number of phenolic OH excluding ortho intramolecular Hbond substituents is 1. The highest BCUT2D eigenvalue weighted by Crippen LogP contribution is 2.25. The van der Waals surface area contributed by atoms with Gasteiger partial charge in [0.1, 0.15) is 5.75 Å². The second kappa shape index (κ2) is 4.90. The molecule has 20 heavy (non-hydrogen) atoms. The molecule has 0 bridgehead atoms. The van der Waals surface area contributed by atoms with Crippen LogP contribution in [0.15, 0.2) is 48.7 Å². The average molecular weight is 287 g/mol. The van der Waals surface area contributed by atoms with Gasteiger partial charge in [0.25, 0.3) is 5.91 Å². The molecular formula is C15H11ClN2O2. The highest BCUT2D eigenvalue weighted by molar-refractivity contribution is 6.31. The van der Waals surface area contributed by atoms with Crippen molar-refractivity contribution in [1.82, 2.24) is 4.98 Å². The molecule has 3 aromatic rings. The molecule has 0 saturated carbocycles. The van der Waals surface area contributed by atoms with E-state index < -0.39 is 5.91 Å². The number of nitrogens with one attached hydrogen (secondary N) is 2. The van der Waals surface area contributed by atoms with Gasteiger partial charge in [0.15, 0.2) is 0 Å². The summed E-state index contributed by atoms with van der Waals surface area (Å²) in [4.78, 5) is 15.3. The molecule has 0 spiro atoms. The number of rotatable bonds is 2. The third-order valence-electron chi connectivity index (χ3n) is 3.05. The largest absolute Gasteiger partial charge is 0.507 e. The fraction of sp³-hybridized carbons (Fsp3) is 0. The van der Waals surface area contributed by atoms with E-state index in [1.807, 2.05) is 18.2 Å². The fourth-order valence-corrected chi connectivity index (χ4v) is 2.25. The number of benzene rings is 2. The number of aromatic nitrogens is 1. The van der Waals surface area contributed by atoms with Gasteiger partial charge in [-0.2, -0.15) is 0 Å². The number of H-pyrrole nitrogens is 1. The van der Waals surface area contributed by atoms with Crippen molar-refractivity contribution in [2.75, 3.05) is 5.32 Å². The van der Waals surface area contributed by atoms with Crippen LogP contribution in [-0.2, 0) is 0 Å². The summed E-state index contributed by atoms with van der Waals surface area (Å²) in [6, 6.07) is 11.8. The lowest BCUT2D eigenvalue weighted by Crippen LogP contribution is -2.12. The first-order valence-electron chi connectivity index (χ1n) is 6.01. The quantitative estimate of drug-likeness (QED) is 0.671. The minimum atomic E-state index is -0.404. The van der Waals surface area contributed by atoms with Crippen LogP contribution in [0, 0.1) is 0 Å². The van der Waals surface area contributed by atoms with Crippen LogP contribution in [0.2, 0.25) is 5.02 Å². The van der Waals surface area contributed by atoms with E-state index in [0.29, 0.717) is 10.7 Å². The first-order chi connectivity index (χ1) is 9.65. The standard InChI is InChI=1S/C15H11ClN2O2/c16-9-4-5-14(19)11(8-9)15(20)18-13-3-1-2-12-10(13)6-7-17-12/h1-8,17,19H,(H,18,20). The van der Waals surface area contributed by atoms with Gasteiger partial charge in [-0.15, -0.1) is 0 Å². The first kappa shape index (κ1) is 12.6. The zero-order valence-corrected chi connectivity index (χ0v) is 11.1. The van der Waals surface area contributed by atoms with Crippen LogP contribution in [0.1, 0.15) is 10.4 Å². The van der Waals surface area contributed by atoms with Gasteiger partial charge in [0.2, 0.25) is 0 Å². The molecule has 0 unspecified atom stereocenters. The Labute approximate surface area is 120 Å². The Hall–Kier alpha value is -2.46. The molecule has 3 N–H and O–H groups in total. The van der Waals surface area contributed by atoms with E-state index in [0.717, 1.165) is 10.9 Å². The van der Waals surface area contributed by atoms with Crippen LogP contribution >= 0.6 is 11.6 Å². The Morgan fingerprint density at radius 1 is 1.20 bits per heavy atom. The zero-order chi connectivity index (χ0) is 14.1. The van der Waals surface area contributed by atoms with Crippen molar-refractivity contribution >= 4 is 34.1 Å². The molecule has 1 amide bonds. The summed E-state index contributed by atoms with van der Waals surface area (Å²) in [6.45, 7) is 0. The normalized spacial score (nSPS) is 10.7. The number of carbonyl (C=O) groups is 1. The number of fused-ring (bicyclic) bond motifs is 1. The van der Waals surface area contributed by atoms with E-state index in [1.54, 1.807) is 12.3 Å². The van der Waals surface area contributed by atoms with Gasteiger partial charge < -0.3 is 15.4 Å². The summed E-state index contributed by atoms with van der Waals surface area (Å²) in [5, 5.41) is 13.8. The Morgan fingerprint density at radius 2 is 2.05 bits per heavy atom. The lowest BCUT2D eigenvalue weighted by molar-refractivity contribution is 0.102. The second-order valence-corrected chi connectivity index (χ2v) is 4.80. The predicted molar refractivity (Wildman–Crippen MR) is 79.4 cm³/mol. The zero-order valence-electron chi connectivity index (χ0n) is 10.4. The number of aromatic hydroxyl groups is 1. The van der Waals surface area contributed by atoms with Crippen molar-refractivity contribution in [3.8, 4) is 5.75 Å².